The number of hydrogen-bond acceptors (Lipinski definition) is 7. The zero-order valence-electron chi connectivity index (χ0n) is 23.5. The molecular weight excluding hydrogens is 609 g/mol. The first kappa shape index (κ1) is 33.0. The van der Waals surface area contributed by atoms with Crippen molar-refractivity contribution in [3.63, 3.8) is 0 Å². The third kappa shape index (κ3) is 8.30. The second-order valence-corrected chi connectivity index (χ2v) is 11.5. The third-order valence-corrected chi connectivity index (χ3v) is 7.14. The minimum absolute atomic E-state index is 0.0802. The quantitative estimate of drug-likeness (QED) is 0.120. The van der Waals surface area contributed by atoms with Crippen LogP contribution in [-0.2, 0) is 30.5 Å². The van der Waals surface area contributed by atoms with Crippen LogP contribution in [0.3, 0.4) is 0 Å². The van der Waals surface area contributed by atoms with E-state index in [1.54, 1.807) is 69.3 Å². The molecule has 0 saturated carbocycles. The van der Waals surface area contributed by atoms with Crippen LogP contribution in [0.15, 0.2) is 60.7 Å². The van der Waals surface area contributed by atoms with Crippen molar-refractivity contribution in [3.05, 3.63) is 76.8 Å². The lowest BCUT2D eigenvalue weighted by Crippen LogP contribution is -2.73. The highest BCUT2D eigenvalue weighted by Gasteiger charge is 2.53. The maximum atomic E-state index is 13.3. The molecule has 3 rings (SSSR count). The largest absolute Gasteiger partial charge is 0.497 e. The molecule has 1 saturated heterocycles. The Morgan fingerprint density at radius 1 is 1.07 bits per heavy atom. The van der Waals surface area contributed by atoms with Crippen molar-refractivity contribution >= 4 is 58.7 Å². The Morgan fingerprint density at radius 2 is 1.69 bits per heavy atom. The first-order chi connectivity index (χ1) is 19.7. The smallest absolute Gasteiger partial charge is 0.408 e. The van der Waals surface area contributed by atoms with Gasteiger partial charge in [0.1, 0.15) is 35.5 Å². The predicted molar refractivity (Wildman–Crippen MR) is 158 cm³/mol. The molecule has 2 aromatic carbocycles. The number of carbonyl (C=O) groups excluding carboxylic acids is 4. The minimum Gasteiger partial charge on any atom is -0.497 e. The topological polar surface area (TPSA) is 123 Å². The summed E-state index contributed by atoms with van der Waals surface area (Å²) in [4.78, 5) is 53.2. The minimum atomic E-state index is -1.28. The third-order valence-electron chi connectivity index (χ3n) is 6.09. The Kier molecular flexibility index (Phi) is 11.1. The van der Waals surface area contributed by atoms with E-state index in [-0.39, 0.29) is 18.1 Å². The highest BCUT2D eigenvalue weighted by atomic mass is 35.5. The van der Waals surface area contributed by atoms with Gasteiger partial charge >= 0.3 is 12.1 Å². The molecule has 3 amide bonds. The fourth-order valence-electron chi connectivity index (χ4n) is 4.00. The van der Waals surface area contributed by atoms with Gasteiger partial charge in [-0.3, -0.25) is 9.59 Å². The average Bonchev–Trinajstić information content (AvgIpc) is 2.95. The number of β-lactam (4-membered cyclic amide) rings is 1. The maximum Gasteiger partial charge on any atom is 0.408 e. The number of ether oxygens (including phenoxy) is 3. The summed E-state index contributed by atoms with van der Waals surface area (Å²) < 4.78 is 15.8. The molecule has 226 valence electrons. The standard InChI is InChI=1S/C29H32Cl3N3O7/c1-16(14-30)23(27(38)41-15-17-6-12-20(40-5)13-7-17)35-24(32)22(26(35)37)33-25(36)21(18-8-10-19(31)11-9-18)34-28(39)42-29(2,3)4/h6-13,21-24H,1,14-15H2,2-5H3,(H,33,36)(H,34,39). The number of hydrogen-bond donors (Lipinski definition) is 2. The average molecular weight is 641 g/mol. The van der Waals surface area contributed by atoms with Crippen molar-refractivity contribution in [2.75, 3.05) is 13.0 Å². The van der Waals surface area contributed by atoms with Gasteiger partial charge in [0.15, 0.2) is 6.04 Å². The first-order valence-electron chi connectivity index (χ1n) is 12.8. The van der Waals surface area contributed by atoms with Gasteiger partial charge in [0.25, 0.3) is 5.91 Å². The number of benzene rings is 2. The zero-order valence-corrected chi connectivity index (χ0v) is 25.8. The molecule has 0 bridgehead atoms. The number of carbonyl (C=O) groups is 4. The summed E-state index contributed by atoms with van der Waals surface area (Å²) in [6, 6.07) is 9.35. The summed E-state index contributed by atoms with van der Waals surface area (Å²) >= 11 is 18.5. The van der Waals surface area contributed by atoms with Gasteiger partial charge in [0, 0.05) is 10.9 Å². The van der Waals surface area contributed by atoms with Crippen molar-refractivity contribution in [1.82, 2.24) is 15.5 Å². The number of alkyl halides is 2. The van der Waals surface area contributed by atoms with Crippen LogP contribution in [0.25, 0.3) is 0 Å². The lowest BCUT2D eigenvalue weighted by atomic mass is 9.98. The molecule has 0 spiro atoms. The molecule has 2 N–H and O–H groups in total. The van der Waals surface area contributed by atoms with E-state index in [1.807, 2.05) is 0 Å². The summed E-state index contributed by atoms with van der Waals surface area (Å²) in [5.74, 6) is -1.69. The number of halogens is 3. The lowest BCUT2D eigenvalue weighted by Gasteiger charge is -2.47. The van der Waals surface area contributed by atoms with Crippen LogP contribution in [0, 0.1) is 0 Å². The molecule has 0 aliphatic carbocycles. The van der Waals surface area contributed by atoms with Crippen LogP contribution in [0.1, 0.15) is 37.9 Å². The first-order valence-corrected chi connectivity index (χ1v) is 14.2. The van der Waals surface area contributed by atoms with Crippen LogP contribution < -0.4 is 15.4 Å². The second-order valence-electron chi connectivity index (χ2n) is 10.4. The summed E-state index contributed by atoms with van der Waals surface area (Å²) in [5, 5.41) is 5.49. The number of nitrogens with one attached hydrogen (secondary N) is 2. The summed E-state index contributed by atoms with van der Waals surface area (Å²) in [6.45, 7) is 8.76. The fourth-order valence-corrected chi connectivity index (χ4v) is 4.65. The maximum absolute atomic E-state index is 13.3. The van der Waals surface area contributed by atoms with Crippen LogP contribution in [0.2, 0.25) is 5.02 Å². The number of amides is 3. The van der Waals surface area contributed by atoms with Gasteiger partial charge in [-0.15, -0.1) is 11.6 Å². The van der Waals surface area contributed by atoms with Gasteiger partial charge in [-0.2, -0.15) is 0 Å². The Morgan fingerprint density at radius 3 is 2.21 bits per heavy atom. The SMILES string of the molecule is C=C(CCl)C(C(=O)OCc1ccc(OC)cc1)N1C(=O)C(NC(=O)C(NC(=O)OC(C)(C)C)c2ccc(Cl)cc2)C1Cl. The van der Waals surface area contributed by atoms with Gasteiger partial charge in [-0.05, 0) is 61.7 Å². The number of methoxy groups -OCH3 is 1. The van der Waals surface area contributed by atoms with Crippen molar-refractivity contribution in [2.24, 2.45) is 0 Å². The highest BCUT2D eigenvalue weighted by molar-refractivity contribution is 6.30. The molecule has 2 aromatic rings. The van der Waals surface area contributed by atoms with Crippen molar-refractivity contribution in [1.29, 1.82) is 0 Å². The lowest BCUT2D eigenvalue weighted by molar-refractivity contribution is -0.164. The Bertz CT molecular complexity index is 1310. The monoisotopic (exact) mass is 639 g/mol. The van der Waals surface area contributed by atoms with E-state index in [0.29, 0.717) is 21.9 Å². The van der Waals surface area contributed by atoms with E-state index in [1.165, 1.54) is 7.11 Å². The molecule has 1 aliphatic heterocycles. The molecule has 1 fully saturated rings. The predicted octanol–water partition coefficient (Wildman–Crippen LogP) is 4.71. The Balaban J connectivity index is 1.73. The van der Waals surface area contributed by atoms with Gasteiger partial charge in [0.2, 0.25) is 5.91 Å². The molecule has 0 radical (unpaired) electrons. The molecule has 10 nitrogen and oxygen atoms in total. The van der Waals surface area contributed by atoms with Gasteiger partial charge < -0.3 is 29.7 Å². The van der Waals surface area contributed by atoms with Crippen molar-refractivity contribution < 1.29 is 33.4 Å². The van der Waals surface area contributed by atoms with E-state index in [4.69, 9.17) is 49.0 Å². The molecule has 13 heteroatoms. The molecule has 1 aliphatic rings. The van der Waals surface area contributed by atoms with Gasteiger partial charge in [0.05, 0.1) is 7.11 Å². The van der Waals surface area contributed by atoms with Gasteiger partial charge in [-0.1, -0.05) is 54.0 Å². The molecule has 0 aromatic heterocycles. The Labute approximate surface area is 259 Å². The molecule has 1 heterocycles. The number of esters is 1. The Hall–Kier alpha value is -3.47. The fraction of sp³-hybridized carbons (Fsp3) is 0.379. The molecular formula is C29H32Cl3N3O7. The zero-order chi connectivity index (χ0) is 31.2. The summed E-state index contributed by atoms with van der Waals surface area (Å²) in [7, 11) is 1.54. The molecule has 4 unspecified atom stereocenters. The van der Waals surface area contributed by atoms with Crippen LogP contribution in [0.4, 0.5) is 4.79 Å². The molecule has 42 heavy (non-hydrogen) atoms. The van der Waals surface area contributed by atoms with Gasteiger partial charge in [-0.25, -0.2) is 9.59 Å². The van der Waals surface area contributed by atoms with Crippen LogP contribution in [0.5, 0.6) is 5.75 Å². The summed E-state index contributed by atoms with van der Waals surface area (Å²) in [6.07, 6.45) is -0.848. The van der Waals surface area contributed by atoms with Crippen molar-refractivity contribution in [3.8, 4) is 5.75 Å². The van der Waals surface area contributed by atoms with E-state index >= 15 is 0 Å². The van der Waals surface area contributed by atoms with E-state index in [2.05, 4.69) is 17.2 Å². The number of likely N-dealkylation sites (tertiary alicyclic amines) is 1. The highest BCUT2D eigenvalue weighted by Crippen LogP contribution is 2.31. The van der Waals surface area contributed by atoms with E-state index in [9.17, 15) is 19.2 Å². The summed E-state index contributed by atoms with van der Waals surface area (Å²) in [5.41, 5.74) is -0.711. The second kappa shape index (κ2) is 14.1. The van der Waals surface area contributed by atoms with Crippen LogP contribution >= 0.6 is 34.8 Å². The number of rotatable bonds is 11. The number of nitrogens with zero attached hydrogens (tertiary/aromatic N) is 1. The van der Waals surface area contributed by atoms with Crippen LogP contribution in [-0.4, -0.2) is 65.0 Å². The normalized spacial score (nSPS) is 17.8. The van der Waals surface area contributed by atoms with Crippen molar-refractivity contribution in [2.45, 2.75) is 56.6 Å². The van der Waals surface area contributed by atoms with E-state index < -0.39 is 53.1 Å². The number of alkyl carbamates (subject to hydrolysis) is 1. The molecule has 4 atom stereocenters. The van der Waals surface area contributed by atoms with E-state index in [0.717, 1.165) is 4.90 Å².